The third-order valence-electron chi connectivity index (χ3n) is 4.37. The molecule has 0 radical (unpaired) electrons. The summed E-state index contributed by atoms with van der Waals surface area (Å²) in [5, 5.41) is 0. The van der Waals surface area contributed by atoms with Gasteiger partial charge in [-0.15, -0.1) is 11.8 Å². The van der Waals surface area contributed by atoms with Gasteiger partial charge in [0.2, 0.25) is 15.9 Å². The van der Waals surface area contributed by atoms with Gasteiger partial charge in [0.1, 0.15) is 6.04 Å². The first-order valence-corrected chi connectivity index (χ1v) is 11.7. The molecule has 3 rings (SSSR count). The first-order valence-electron chi connectivity index (χ1n) is 7.94. The first kappa shape index (κ1) is 18.1. The van der Waals surface area contributed by atoms with Crippen LogP contribution in [0.1, 0.15) is 11.1 Å². The summed E-state index contributed by atoms with van der Waals surface area (Å²) in [6, 6.07) is 4.75. The predicted molar refractivity (Wildman–Crippen MR) is 100.0 cm³/mol. The van der Waals surface area contributed by atoms with Crippen molar-refractivity contribution in [2.45, 2.75) is 24.8 Å². The summed E-state index contributed by atoms with van der Waals surface area (Å²) < 4.78 is 27.6. The van der Waals surface area contributed by atoms with Crippen LogP contribution in [0.4, 0.5) is 0 Å². The molecule has 1 amide bonds. The van der Waals surface area contributed by atoms with Gasteiger partial charge in [-0.05, 0) is 25.5 Å². The molecule has 2 aliphatic heterocycles. The highest BCUT2D eigenvalue weighted by Gasteiger charge is 2.42. The lowest BCUT2D eigenvalue weighted by molar-refractivity contribution is -0.133. The number of carbonyl (C=O) groups is 1. The zero-order valence-corrected chi connectivity index (χ0v) is 16.3. The summed E-state index contributed by atoms with van der Waals surface area (Å²) in [6.45, 7) is 5.17. The number of carbonyl (C=O) groups excluding carboxylic acids is 1. The second-order valence-electron chi connectivity index (χ2n) is 6.11. The molecule has 1 atom stereocenters. The van der Waals surface area contributed by atoms with Crippen LogP contribution < -0.4 is 0 Å². The van der Waals surface area contributed by atoms with E-state index in [1.54, 1.807) is 6.07 Å². The molecule has 2 aliphatic rings. The van der Waals surface area contributed by atoms with Crippen LogP contribution in [0.5, 0.6) is 0 Å². The van der Waals surface area contributed by atoms with Gasteiger partial charge in [0.25, 0.3) is 0 Å². The van der Waals surface area contributed by atoms with E-state index in [1.807, 2.05) is 42.6 Å². The lowest BCUT2D eigenvalue weighted by Gasteiger charge is -2.31. The molecule has 1 unspecified atom stereocenters. The highest BCUT2D eigenvalue weighted by Crippen LogP contribution is 2.31. The Kier molecular flexibility index (Phi) is 5.48. The van der Waals surface area contributed by atoms with Gasteiger partial charge in [0.05, 0.1) is 10.8 Å². The van der Waals surface area contributed by atoms with Crippen molar-refractivity contribution in [2.75, 3.05) is 36.2 Å². The number of sulfonamides is 1. The summed E-state index contributed by atoms with van der Waals surface area (Å²) in [5.74, 6) is 2.68. The van der Waals surface area contributed by atoms with Crippen LogP contribution in [0, 0.1) is 13.8 Å². The topological polar surface area (TPSA) is 57.7 Å². The molecule has 2 saturated heterocycles. The molecule has 132 valence electrons. The van der Waals surface area contributed by atoms with Crippen molar-refractivity contribution < 1.29 is 13.2 Å². The van der Waals surface area contributed by atoms with Crippen molar-refractivity contribution >= 4 is 39.5 Å². The Balaban J connectivity index is 1.87. The van der Waals surface area contributed by atoms with Gasteiger partial charge in [-0.3, -0.25) is 4.79 Å². The van der Waals surface area contributed by atoms with E-state index in [0.29, 0.717) is 29.6 Å². The lowest BCUT2D eigenvalue weighted by atomic mass is 10.2. The van der Waals surface area contributed by atoms with Crippen LogP contribution in [0.15, 0.2) is 23.1 Å². The Labute approximate surface area is 152 Å². The summed E-state index contributed by atoms with van der Waals surface area (Å²) in [6.07, 6.45) is 0. The Morgan fingerprint density at radius 1 is 1.17 bits per heavy atom. The molecular weight excluding hydrogens is 364 g/mol. The Morgan fingerprint density at radius 3 is 2.54 bits per heavy atom. The summed E-state index contributed by atoms with van der Waals surface area (Å²) in [7, 11) is -3.66. The van der Waals surface area contributed by atoms with Gasteiger partial charge in [0, 0.05) is 30.3 Å². The molecule has 0 spiro atoms. The van der Waals surface area contributed by atoms with E-state index in [-0.39, 0.29) is 5.91 Å². The molecule has 2 heterocycles. The number of thioether (sulfide) groups is 2. The quantitative estimate of drug-likeness (QED) is 0.795. The van der Waals surface area contributed by atoms with Crippen LogP contribution in [-0.2, 0) is 14.8 Å². The maximum atomic E-state index is 13.1. The normalized spacial score (nSPS) is 22.8. The average Bonchev–Trinajstić information content (AvgIpc) is 3.05. The van der Waals surface area contributed by atoms with E-state index in [4.69, 9.17) is 0 Å². The van der Waals surface area contributed by atoms with Crippen molar-refractivity contribution in [1.29, 1.82) is 0 Å². The van der Waals surface area contributed by atoms with Crippen molar-refractivity contribution in [1.82, 2.24) is 9.21 Å². The number of rotatable bonds is 3. The Morgan fingerprint density at radius 2 is 1.88 bits per heavy atom. The number of amides is 1. The van der Waals surface area contributed by atoms with Crippen LogP contribution in [0.3, 0.4) is 0 Å². The smallest absolute Gasteiger partial charge is 0.244 e. The number of hydrogen-bond acceptors (Lipinski definition) is 5. The standard InChI is InChI=1S/C16H22N2O3S3/c1-12-3-4-15(13(2)9-12)24(20,21)18-11-23-10-14(18)16(19)17-5-7-22-8-6-17/h3-4,9,14H,5-8,10-11H2,1-2H3. The summed E-state index contributed by atoms with van der Waals surface area (Å²) >= 11 is 3.34. The predicted octanol–water partition coefficient (Wildman–Crippen LogP) is 1.94. The van der Waals surface area contributed by atoms with Crippen molar-refractivity contribution in [3.05, 3.63) is 29.3 Å². The van der Waals surface area contributed by atoms with Crippen LogP contribution in [0.2, 0.25) is 0 Å². The molecular formula is C16H22N2O3S3. The monoisotopic (exact) mass is 386 g/mol. The lowest BCUT2D eigenvalue weighted by Crippen LogP contribution is -2.51. The second-order valence-corrected chi connectivity index (χ2v) is 10.2. The second kappa shape index (κ2) is 7.27. The molecule has 8 heteroatoms. The van der Waals surface area contributed by atoms with Gasteiger partial charge in [-0.25, -0.2) is 8.42 Å². The minimum atomic E-state index is -3.66. The Bertz CT molecular complexity index is 730. The molecule has 24 heavy (non-hydrogen) atoms. The molecule has 0 aliphatic carbocycles. The van der Waals surface area contributed by atoms with E-state index in [9.17, 15) is 13.2 Å². The van der Waals surface area contributed by atoms with E-state index >= 15 is 0 Å². The zero-order valence-electron chi connectivity index (χ0n) is 13.9. The third-order valence-corrected chi connectivity index (χ3v) is 8.50. The zero-order chi connectivity index (χ0) is 17.3. The minimum absolute atomic E-state index is 0.0476. The SMILES string of the molecule is Cc1ccc(S(=O)(=O)N2CSCC2C(=O)N2CCSCC2)c(C)c1. The van der Waals surface area contributed by atoms with Gasteiger partial charge < -0.3 is 4.90 Å². The maximum absolute atomic E-state index is 13.1. The molecule has 0 N–H and O–H groups in total. The molecule has 0 bridgehead atoms. The van der Waals surface area contributed by atoms with Crippen molar-refractivity contribution in [2.24, 2.45) is 0 Å². The van der Waals surface area contributed by atoms with Crippen LogP contribution >= 0.6 is 23.5 Å². The van der Waals surface area contributed by atoms with Gasteiger partial charge in [0.15, 0.2) is 0 Å². The summed E-state index contributed by atoms with van der Waals surface area (Å²) in [5.41, 5.74) is 1.76. The first-order chi connectivity index (χ1) is 11.4. The fraction of sp³-hybridized carbons (Fsp3) is 0.562. The molecule has 2 fully saturated rings. The number of hydrogen-bond donors (Lipinski definition) is 0. The number of aryl methyl sites for hydroxylation is 2. The molecule has 1 aromatic rings. The number of benzene rings is 1. The van der Waals surface area contributed by atoms with Gasteiger partial charge in [-0.2, -0.15) is 16.1 Å². The van der Waals surface area contributed by atoms with Crippen LogP contribution in [0.25, 0.3) is 0 Å². The fourth-order valence-corrected chi connectivity index (χ4v) is 7.31. The highest BCUT2D eigenvalue weighted by atomic mass is 32.2. The summed E-state index contributed by atoms with van der Waals surface area (Å²) in [4.78, 5) is 15.0. The molecule has 1 aromatic carbocycles. The van der Waals surface area contributed by atoms with Crippen LogP contribution in [-0.4, -0.2) is 65.8 Å². The fourth-order valence-electron chi connectivity index (χ4n) is 3.07. The minimum Gasteiger partial charge on any atom is -0.340 e. The van der Waals surface area contributed by atoms with E-state index in [2.05, 4.69) is 0 Å². The highest BCUT2D eigenvalue weighted by molar-refractivity contribution is 8.00. The van der Waals surface area contributed by atoms with E-state index < -0.39 is 16.1 Å². The van der Waals surface area contributed by atoms with Crippen molar-refractivity contribution in [3.8, 4) is 0 Å². The third kappa shape index (κ3) is 3.47. The largest absolute Gasteiger partial charge is 0.340 e. The average molecular weight is 387 g/mol. The van der Waals surface area contributed by atoms with E-state index in [1.165, 1.54) is 16.1 Å². The molecule has 5 nitrogen and oxygen atoms in total. The Hall–Kier alpha value is -0.700. The van der Waals surface area contributed by atoms with Gasteiger partial charge in [-0.1, -0.05) is 17.7 Å². The molecule has 0 aromatic heterocycles. The maximum Gasteiger partial charge on any atom is 0.244 e. The van der Waals surface area contributed by atoms with Crippen molar-refractivity contribution in [3.63, 3.8) is 0 Å². The van der Waals surface area contributed by atoms with E-state index in [0.717, 1.165) is 22.6 Å². The number of nitrogens with zero attached hydrogens (tertiary/aromatic N) is 2. The molecule has 0 saturated carbocycles. The van der Waals surface area contributed by atoms with Gasteiger partial charge >= 0.3 is 0 Å².